The van der Waals surface area contributed by atoms with Crippen molar-refractivity contribution in [1.29, 1.82) is 0 Å². The first-order valence-electron chi connectivity index (χ1n) is 11.8. The van der Waals surface area contributed by atoms with Gasteiger partial charge in [0.05, 0.1) is 11.7 Å². The molecule has 1 fully saturated rings. The standard InChI is InChI=1S/C25H28F8N2O2S/c26-18-7-9-35(10-8-18)12-21(34)23(38-14-16-1-3-17(4-2-16)25(31,32)33)13-36-22-11-19(5-6-20(22)27)37-15-24(28,29)30/h1-4,6,11,18-19H,5,7-10,12-15,34H2/b23-21-. The molecule has 0 spiro atoms. The molecule has 1 heterocycles. The van der Waals surface area contributed by atoms with Gasteiger partial charge in [-0.15, -0.1) is 11.8 Å². The molecular formula is C25H28F8N2O2S. The molecule has 0 radical (unpaired) electrons. The zero-order chi connectivity index (χ0) is 27.9. The second kappa shape index (κ2) is 13.2. The highest BCUT2D eigenvalue weighted by Gasteiger charge is 2.31. The van der Waals surface area contributed by atoms with Crippen LogP contribution in [-0.4, -0.2) is 56.2 Å². The molecule has 212 valence electrons. The van der Waals surface area contributed by atoms with E-state index in [1.165, 1.54) is 23.9 Å². The number of hydrogen-bond donors (Lipinski definition) is 1. The number of ether oxygens (including phenoxy) is 2. The van der Waals surface area contributed by atoms with E-state index in [1.807, 2.05) is 4.90 Å². The minimum absolute atomic E-state index is 0.0905. The van der Waals surface area contributed by atoms with Crippen molar-refractivity contribution >= 4 is 11.8 Å². The summed E-state index contributed by atoms with van der Waals surface area (Å²) in [6.45, 7) is -0.468. The van der Waals surface area contributed by atoms with Gasteiger partial charge in [-0.3, -0.25) is 4.90 Å². The normalized spacial score (nSPS) is 20.6. The predicted octanol–water partition coefficient (Wildman–Crippen LogP) is 6.65. The van der Waals surface area contributed by atoms with Crippen LogP contribution in [-0.2, 0) is 21.4 Å². The molecule has 0 amide bonds. The van der Waals surface area contributed by atoms with Crippen molar-refractivity contribution in [1.82, 2.24) is 4.90 Å². The molecule has 0 aromatic heterocycles. The lowest BCUT2D eigenvalue weighted by molar-refractivity contribution is -0.180. The Balaban J connectivity index is 1.70. The second-order valence-electron chi connectivity index (χ2n) is 8.95. The van der Waals surface area contributed by atoms with Crippen LogP contribution < -0.4 is 5.73 Å². The van der Waals surface area contributed by atoms with E-state index in [4.69, 9.17) is 15.2 Å². The predicted molar refractivity (Wildman–Crippen MR) is 128 cm³/mol. The Morgan fingerprint density at radius 1 is 1.05 bits per heavy atom. The third-order valence-corrected chi connectivity index (χ3v) is 7.09. The summed E-state index contributed by atoms with van der Waals surface area (Å²) in [5, 5.41) is 0. The second-order valence-corrected chi connectivity index (χ2v) is 10.0. The number of piperidine rings is 1. The van der Waals surface area contributed by atoms with Gasteiger partial charge >= 0.3 is 12.4 Å². The van der Waals surface area contributed by atoms with Gasteiger partial charge in [0, 0.05) is 36.0 Å². The summed E-state index contributed by atoms with van der Waals surface area (Å²) in [6.07, 6.45) is -8.08. The summed E-state index contributed by atoms with van der Waals surface area (Å²) < 4.78 is 114. The maximum absolute atomic E-state index is 14.3. The monoisotopic (exact) mass is 572 g/mol. The zero-order valence-corrected chi connectivity index (χ0v) is 21.1. The quantitative estimate of drug-likeness (QED) is 0.319. The zero-order valence-electron chi connectivity index (χ0n) is 20.3. The van der Waals surface area contributed by atoms with Gasteiger partial charge in [-0.25, -0.2) is 8.78 Å². The molecule has 1 aromatic carbocycles. The van der Waals surface area contributed by atoms with Crippen molar-refractivity contribution in [3.63, 3.8) is 0 Å². The van der Waals surface area contributed by atoms with Gasteiger partial charge in [-0.2, -0.15) is 26.3 Å². The van der Waals surface area contributed by atoms with Crippen LogP contribution in [0.4, 0.5) is 35.1 Å². The minimum atomic E-state index is -4.54. The number of nitrogens with two attached hydrogens (primary N) is 1. The Kier molecular flexibility index (Phi) is 10.5. The Bertz CT molecular complexity index is 1010. The van der Waals surface area contributed by atoms with Crippen molar-refractivity contribution < 1.29 is 44.6 Å². The molecule has 3 rings (SSSR count). The fraction of sp³-hybridized carbons (Fsp3) is 0.520. The molecule has 1 atom stereocenters. The highest BCUT2D eigenvalue weighted by molar-refractivity contribution is 8.02. The van der Waals surface area contributed by atoms with Gasteiger partial charge in [0.1, 0.15) is 19.4 Å². The summed E-state index contributed by atoms with van der Waals surface area (Å²) in [5.74, 6) is -0.812. The van der Waals surface area contributed by atoms with E-state index < -0.39 is 42.6 Å². The van der Waals surface area contributed by atoms with E-state index >= 15 is 0 Å². The molecule has 4 nitrogen and oxygen atoms in total. The number of likely N-dealkylation sites (tertiary alicyclic amines) is 1. The lowest BCUT2D eigenvalue weighted by Gasteiger charge is -2.29. The number of rotatable bonds is 10. The number of alkyl halides is 7. The van der Waals surface area contributed by atoms with Gasteiger partial charge in [0.2, 0.25) is 0 Å². The minimum Gasteiger partial charge on any atom is -0.485 e. The SMILES string of the molecule is N/C(CN1CCC(F)CC1)=C(/COC1=CC(OCC(F)(F)F)CC=C1F)SCc1ccc(C(F)(F)F)cc1. The van der Waals surface area contributed by atoms with Crippen molar-refractivity contribution in [2.24, 2.45) is 5.73 Å². The lowest BCUT2D eigenvalue weighted by Crippen LogP contribution is -2.37. The Morgan fingerprint density at radius 3 is 2.32 bits per heavy atom. The molecule has 0 saturated carbocycles. The van der Waals surface area contributed by atoms with Crippen molar-refractivity contribution in [3.05, 3.63) is 69.7 Å². The molecule has 2 N–H and O–H groups in total. The van der Waals surface area contributed by atoms with Crippen LogP contribution in [0.5, 0.6) is 0 Å². The number of allylic oxidation sites excluding steroid dienone is 1. The van der Waals surface area contributed by atoms with Crippen LogP contribution in [0.25, 0.3) is 0 Å². The van der Waals surface area contributed by atoms with Gasteiger partial charge in [-0.1, -0.05) is 12.1 Å². The summed E-state index contributed by atoms with van der Waals surface area (Å²) in [6, 6.07) is 4.61. The highest BCUT2D eigenvalue weighted by Crippen LogP contribution is 2.32. The van der Waals surface area contributed by atoms with Crippen LogP contribution in [0, 0.1) is 0 Å². The number of benzene rings is 1. The van der Waals surface area contributed by atoms with E-state index in [9.17, 15) is 35.1 Å². The third-order valence-electron chi connectivity index (χ3n) is 5.89. The van der Waals surface area contributed by atoms with Crippen LogP contribution in [0.1, 0.15) is 30.4 Å². The summed E-state index contributed by atoms with van der Waals surface area (Å²) in [5.41, 5.74) is 6.48. The first kappa shape index (κ1) is 30.3. The van der Waals surface area contributed by atoms with Gasteiger partial charge in [0.25, 0.3) is 0 Å². The topological polar surface area (TPSA) is 47.7 Å². The first-order valence-corrected chi connectivity index (χ1v) is 12.8. The number of hydrogen-bond acceptors (Lipinski definition) is 5. The molecule has 13 heteroatoms. The van der Waals surface area contributed by atoms with E-state index in [0.717, 1.165) is 24.3 Å². The Morgan fingerprint density at radius 2 is 1.71 bits per heavy atom. The number of thioether (sulfide) groups is 1. The average molecular weight is 573 g/mol. The van der Waals surface area contributed by atoms with Crippen molar-refractivity contribution in [3.8, 4) is 0 Å². The van der Waals surface area contributed by atoms with E-state index in [1.54, 1.807) is 0 Å². The fourth-order valence-corrected chi connectivity index (χ4v) is 4.72. The maximum atomic E-state index is 14.3. The van der Waals surface area contributed by atoms with E-state index in [2.05, 4.69) is 0 Å². The van der Waals surface area contributed by atoms with Gasteiger partial charge in [0.15, 0.2) is 11.6 Å². The lowest BCUT2D eigenvalue weighted by atomic mass is 10.1. The molecule has 1 aromatic rings. The largest absolute Gasteiger partial charge is 0.485 e. The Labute approximate surface area is 219 Å². The van der Waals surface area contributed by atoms with Gasteiger partial charge < -0.3 is 15.2 Å². The summed E-state index contributed by atoms with van der Waals surface area (Å²) >= 11 is 1.19. The van der Waals surface area contributed by atoms with Gasteiger partial charge in [-0.05, 0) is 49.1 Å². The van der Waals surface area contributed by atoms with Crippen LogP contribution in [0.15, 0.2) is 58.6 Å². The van der Waals surface area contributed by atoms with Crippen LogP contribution in [0.3, 0.4) is 0 Å². The molecule has 2 aliphatic rings. The maximum Gasteiger partial charge on any atom is 0.416 e. The van der Waals surface area contributed by atoms with E-state index in [0.29, 0.717) is 42.1 Å². The molecule has 1 aliphatic heterocycles. The highest BCUT2D eigenvalue weighted by atomic mass is 32.2. The molecule has 1 unspecified atom stereocenters. The Hall–Kier alpha value is -2.25. The van der Waals surface area contributed by atoms with Crippen molar-refractivity contribution in [2.45, 2.75) is 49.6 Å². The molecule has 1 aliphatic carbocycles. The third kappa shape index (κ3) is 9.81. The number of nitrogens with zero attached hydrogens (tertiary/aromatic N) is 1. The van der Waals surface area contributed by atoms with Crippen molar-refractivity contribution in [2.75, 3.05) is 32.8 Å². The molecule has 1 saturated heterocycles. The summed E-state index contributed by atoms with van der Waals surface area (Å²) in [4.78, 5) is 2.42. The molecule has 38 heavy (non-hydrogen) atoms. The van der Waals surface area contributed by atoms with E-state index in [-0.39, 0.29) is 31.1 Å². The fourth-order valence-electron chi connectivity index (χ4n) is 3.79. The summed E-state index contributed by atoms with van der Waals surface area (Å²) in [7, 11) is 0. The first-order chi connectivity index (χ1) is 17.8. The number of halogens is 8. The molecular weight excluding hydrogens is 544 g/mol. The molecule has 0 bridgehead atoms. The van der Waals surface area contributed by atoms with Crippen LogP contribution >= 0.6 is 11.8 Å². The smallest absolute Gasteiger partial charge is 0.416 e. The van der Waals surface area contributed by atoms with Crippen LogP contribution in [0.2, 0.25) is 0 Å². The average Bonchev–Trinajstić information content (AvgIpc) is 2.84.